The van der Waals surface area contributed by atoms with Crippen molar-refractivity contribution < 1.29 is 9.59 Å². The summed E-state index contributed by atoms with van der Waals surface area (Å²) < 4.78 is 0. The van der Waals surface area contributed by atoms with Crippen LogP contribution in [-0.2, 0) is 9.59 Å². The molecule has 2 saturated carbocycles. The van der Waals surface area contributed by atoms with Crippen LogP contribution in [0.15, 0.2) is 0 Å². The van der Waals surface area contributed by atoms with E-state index in [0.717, 1.165) is 25.7 Å². The van der Waals surface area contributed by atoms with Crippen LogP contribution in [0.25, 0.3) is 0 Å². The van der Waals surface area contributed by atoms with Crippen molar-refractivity contribution in [1.82, 2.24) is 10.2 Å². The summed E-state index contributed by atoms with van der Waals surface area (Å²) in [6.45, 7) is 6.21. The zero-order valence-electron chi connectivity index (χ0n) is 13.5. The number of hydrogen-bond acceptors (Lipinski definition) is 2. The van der Waals surface area contributed by atoms with Gasteiger partial charge in [-0.25, -0.2) is 0 Å². The summed E-state index contributed by atoms with van der Waals surface area (Å²) in [5, 5.41) is 3.07. The Bertz CT molecular complexity index is 436. The summed E-state index contributed by atoms with van der Waals surface area (Å²) in [7, 11) is 0. The fourth-order valence-corrected chi connectivity index (χ4v) is 4.12. The molecule has 118 valence electrons. The molecule has 3 fully saturated rings. The predicted octanol–water partition coefficient (Wildman–Crippen LogP) is 2.47. The monoisotopic (exact) mass is 292 g/mol. The second kappa shape index (κ2) is 5.29. The molecule has 0 aromatic carbocycles. The maximum Gasteiger partial charge on any atom is 0.246 e. The molecular formula is C17H28N2O2. The van der Waals surface area contributed by atoms with Gasteiger partial charge in [0, 0.05) is 5.54 Å². The molecule has 1 heterocycles. The van der Waals surface area contributed by atoms with E-state index in [4.69, 9.17) is 0 Å². The predicted molar refractivity (Wildman–Crippen MR) is 81.6 cm³/mol. The first kappa shape index (κ1) is 14.9. The summed E-state index contributed by atoms with van der Waals surface area (Å²) in [4.78, 5) is 27.7. The third-order valence-corrected chi connectivity index (χ3v) is 5.66. The van der Waals surface area contributed by atoms with Gasteiger partial charge in [-0.2, -0.15) is 0 Å². The number of carbonyl (C=O) groups excluding carboxylic acids is 2. The number of nitrogens with zero attached hydrogens (tertiary/aromatic N) is 1. The number of hydrogen-bond donors (Lipinski definition) is 1. The first-order valence-corrected chi connectivity index (χ1v) is 8.57. The van der Waals surface area contributed by atoms with Gasteiger partial charge in [-0.1, -0.05) is 33.1 Å². The zero-order valence-corrected chi connectivity index (χ0v) is 13.5. The molecule has 3 rings (SSSR count). The smallest absolute Gasteiger partial charge is 0.246 e. The van der Waals surface area contributed by atoms with Crippen LogP contribution in [0.1, 0.15) is 65.7 Å². The third kappa shape index (κ3) is 2.58. The number of rotatable bonds is 3. The Kier molecular flexibility index (Phi) is 3.74. The standard InChI is InChI=1S/C17H28N2O2/c1-11(2)14-15(20)18-13(12-7-5-4-6-8-12)16(21)19(14)17(3)9-10-17/h11-14H,4-10H2,1-3H3,(H,18,20). The first-order chi connectivity index (χ1) is 9.94. The fraction of sp³-hybridized carbons (Fsp3) is 0.882. The highest BCUT2D eigenvalue weighted by Gasteiger charge is 2.55. The Morgan fingerprint density at radius 1 is 1.14 bits per heavy atom. The van der Waals surface area contributed by atoms with Gasteiger partial charge in [0.2, 0.25) is 11.8 Å². The Morgan fingerprint density at radius 3 is 2.29 bits per heavy atom. The molecule has 0 radical (unpaired) electrons. The lowest BCUT2D eigenvalue weighted by atomic mass is 9.81. The Morgan fingerprint density at radius 2 is 1.76 bits per heavy atom. The minimum Gasteiger partial charge on any atom is -0.342 e. The van der Waals surface area contributed by atoms with Gasteiger partial charge in [0.25, 0.3) is 0 Å². The van der Waals surface area contributed by atoms with Crippen LogP contribution < -0.4 is 5.32 Å². The molecule has 2 unspecified atom stereocenters. The van der Waals surface area contributed by atoms with Crippen LogP contribution >= 0.6 is 0 Å². The van der Waals surface area contributed by atoms with E-state index in [1.165, 1.54) is 19.3 Å². The van der Waals surface area contributed by atoms with E-state index in [1.54, 1.807) is 0 Å². The third-order valence-electron chi connectivity index (χ3n) is 5.66. The van der Waals surface area contributed by atoms with E-state index < -0.39 is 0 Å². The van der Waals surface area contributed by atoms with E-state index in [2.05, 4.69) is 12.2 Å². The highest BCUT2D eigenvalue weighted by atomic mass is 16.2. The molecule has 3 aliphatic rings. The summed E-state index contributed by atoms with van der Waals surface area (Å²) in [5.74, 6) is 0.750. The van der Waals surface area contributed by atoms with Crippen LogP contribution in [0.4, 0.5) is 0 Å². The van der Waals surface area contributed by atoms with Crippen molar-refractivity contribution in [1.29, 1.82) is 0 Å². The van der Waals surface area contributed by atoms with Crippen LogP contribution in [0.5, 0.6) is 0 Å². The molecule has 0 bridgehead atoms. The van der Waals surface area contributed by atoms with Crippen LogP contribution in [0, 0.1) is 11.8 Å². The number of amides is 2. The lowest BCUT2D eigenvalue weighted by molar-refractivity contribution is -0.157. The fourth-order valence-electron chi connectivity index (χ4n) is 4.12. The number of piperazine rings is 1. The van der Waals surface area contributed by atoms with E-state index in [1.807, 2.05) is 18.7 Å². The van der Waals surface area contributed by atoms with E-state index >= 15 is 0 Å². The number of carbonyl (C=O) groups is 2. The first-order valence-electron chi connectivity index (χ1n) is 8.57. The van der Waals surface area contributed by atoms with Crippen molar-refractivity contribution >= 4 is 11.8 Å². The van der Waals surface area contributed by atoms with Gasteiger partial charge in [-0.3, -0.25) is 9.59 Å². The summed E-state index contributed by atoms with van der Waals surface area (Å²) in [6.07, 6.45) is 7.87. The molecular weight excluding hydrogens is 264 g/mol. The summed E-state index contributed by atoms with van der Waals surface area (Å²) in [5.41, 5.74) is -0.0727. The van der Waals surface area contributed by atoms with Gasteiger partial charge in [-0.05, 0) is 44.4 Å². The molecule has 4 heteroatoms. The Balaban J connectivity index is 1.86. The summed E-state index contributed by atoms with van der Waals surface area (Å²) in [6, 6.07) is -0.560. The average molecular weight is 292 g/mol. The van der Waals surface area contributed by atoms with Crippen LogP contribution in [0.2, 0.25) is 0 Å². The van der Waals surface area contributed by atoms with Crippen molar-refractivity contribution in [3.05, 3.63) is 0 Å². The summed E-state index contributed by atoms with van der Waals surface area (Å²) >= 11 is 0. The highest BCUT2D eigenvalue weighted by Crippen LogP contribution is 2.45. The molecule has 0 aromatic rings. The molecule has 2 amide bonds. The topological polar surface area (TPSA) is 49.4 Å². The lowest BCUT2D eigenvalue weighted by Gasteiger charge is -2.46. The van der Waals surface area contributed by atoms with Gasteiger partial charge in [0.15, 0.2) is 0 Å². The average Bonchev–Trinajstić information content (AvgIpc) is 3.19. The quantitative estimate of drug-likeness (QED) is 0.868. The van der Waals surface area contributed by atoms with Crippen LogP contribution in [0.3, 0.4) is 0 Å². The second-order valence-electron chi connectivity index (χ2n) is 7.78. The minimum absolute atomic E-state index is 0.0632. The van der Waals surface area contributed by atoms with Crippen molar-refractivity contribution in [3.63, 3.8) is 0 Å². The molecule has 2 atom stereocenters. The second-order valence-corrected chi connectivity index (χ2v) is 7.78. The molecule has 2 aliphatic carbocycles. The maximum atomic E-state index is 13.1. The van der Waals surface area contributed by atoms with E-state index in [0.29, 0.717) is 5.92 Å². The SMILES string of the molecule is CC(C)C1C(=O)NC(C2CCCCC2)C(=O)N1C1(C)CC1. The van der Waals surface area contributed by atoms with Gasteiger partial charge >= 0.3 is 0 Å². The Hall–Kier alpha value is -1.06. The minimum atomic E-state index is -0.287. The van der Waals surface area contributed by atoms with E-state index in [-0.39, 0.29) is 35.4 Å². The maximum absolute atomic E-state index is 13.1. The molecule has 1 saturated heterocycles. The highest BCUT2D eigenvalue weighted by molar-refractivity contribution is 5.98. The van der Waals surface area contributed by atoms with Gasteiger partial charge in [0.1, 0.15) is 12.1 Å². The van der Waals surface area contributed by atoms with Crippen molar-refractivity contribution in [3.8, 4) is 0 Å². The van der Waals surface area contributed by atoms with Crippen molar-refractivity contribution in [2.24, 2.45) is 11.8 Å². The van der Waals surface area contributed by atoms with Crippen LogP contribution in [-0.4, -0.2) is 34.3 Å². The van der Waals surface area contributed by atoms with Gasteiger partial charge in [-0.15, -0.1) is 0 Å². The molecule has 0 spiro atoms. The molecule has 0 aromatic heterocycles. The van der Waals surface area contributed by atoms with Gasteiger partial charge in [0.05, 0.1) is 0 Å². The zero-order chi connectivity index (χ0) is 15.2. The molecule has 1 aliphatic heterocycles. The van der Waals surface area contributed by atoms with Gasteiger partial charge < -0.3 is 10.2 Å². The van der Waals surface area contributed by atoms with E-state index in [9.17, 15) is 9.59 Å². The molecule has 1 N–H and O–H groups in total. The number of nitrogens with one attached hydrogen (secondary N) is 1. The van der Waals surface area contributed by atoms with Crippen molar-refractivity contribution in [2.75, 3.05) is 0 Å². The molecule has 21 heavy (non-hydrogen) atoms. The normalized spacial score (nSPS) is 33.2. The molecule has 4 nitrogen and oxygen atoms in total. The lowest BCUT2D eigenvalue weighted by Crippen LogP contribution is -2.69. The van der Waals surface area contributed by atoms with Crippen molar-refractivity contribution in [2.45, 2.75) is 83.3 Å². The Labute approximate surface area is 127 Å². The largest absolute Gasteiger partial charge is 0.342 e.